The molecule has 2 saturated heterocycles. The van der Waals surface area contributed by atoms with Gasteiger partial charge in [0.2, 0.25) is 0 Å². The second kappa shape index (κ2) is 12.5. The van der Waals surface area contributed by atoms with Gasteiger partial charge in [0.25, 0.3) is 0 Å². The summed E-state index contributed by atoms with van der Waals surface area (Å²) in [5.41, 5.74) is 1.19. The van der Waals surface area contributed by atoms with Crippen LogP contribution in [-0.4, -0.2) is 87.3 Å². The van der Waals surface area contributed by atoms with Gasteiger partial charge in [-0.25, -0.2) is 0 Å². The van der Waals surface area contributed by atoms with Crippen LogP contribution < -0.4 is 4.74 Å². The van der Waals surface area contributed by atoms with Crippen molar-refractivity contribution < 1.29 is 19.3 Å². The van der Waals surface area contributed by atoms with Crippen LogP contribution in [0.5, 0.6) is 5.75 Å². The fraction of sp³-hybridized carbons (Fsp3) is 0.739. The average molecular weight is 407 g/mol. The fourth-order valence-corrected chi connectivity index (χ4v) is 4.43. The van der Waals surface area contributed by atoms with Crippen molar-refractivity contribution >= 4 is 0 Å². The largest absolute Gasteiger partial charge is 0.491 e. The maximum absolute atomic E-state index is 9.12. The molecule has 1 N–H and O–H groups in total. The zero-order valence-corrected chi connectivity index (χ0v) is 17.9. The number of ether oxygens (including phenoxy) is 3. The summed E-state index contributed by atoms with van der Waals surface area (Å²) < 4.78 is 16.9. The maximum atomic E-state index is 9.12. The van der Waals surface area contributed by atoms with E-state index in [0.29, 0.717) is 12.7 Å². The quantitative estimate of drug-likeness (QED) is 0.575. The number of hydrogen-bond acceptors (Lipinski definition) is 6. The highest BCUT2D eigenvalue weighted by Crippen LogP contribution is 2.25. The first-order valence-electron chi connectivity index (χ1n) is 11.1. The molecule has 6 nitrogen and oxygen atoms in total. The van der Waals surface area contributed by atoms with Gasteiger partial charge < -0.3 is 24.2 Å². The molecule has 1 aromatic rings. The van der Waals surface area contributed by atoms with Crippen LogP contribution in [0.2, 0.25) is 0 Å². The average Bonchev–Trinajstić information content (AvgIpc) is 3.25. The summed E-state index contributed by atoms with van der Waals surface area (Å²) in [6, 6.07) is 8.21. The molecular weight excluding hydrogens is 368 g/mol. The minimum Gasteiger partial charge on any atom is -0.491 e. The second-order valence-corrected chi connectivity index (χ2v) is 8.29. The fourth-order valence-electron chi connectivity index (χ4n) is 4.43. The maximum Gasteiger partial charge on any atom is 0.123 e. The molecule has 0 amide bonds. The van der Waals surface area contributed by atoms with E-state index >= 15 is 0 Å². The van der Waals surface area contributed by atoms with Crippen LogP contribution in [0.1, 0.15) is 31.2 Å². The van der Waals surface area contributed by atoms with Crippen molar-refractivity contribution in [3.63, 3.8) is 0 Å². The van der Waals surface area contributed by atoms with Gasteiger partial charge in [-0.1, -0.05) is 18.2 Å². The van der Waals surface area contributed by atoms with Gasteiger partial charge in [-0.05, 0) is 50.8 Å². The molecule has 0 bridgehead atoms. The van der Waals surface area contributed by atoms with Gasteiger partial charge in [0.1, 0.15) is 12.4 Å². The molecule has 0 spiro atoms. The van der Waals surface area contributed by atoms with E-state index in [-0.39, 0.29) is 6.61 Å². The molecule has 2 heterocycles. The minimum absolute atomic E-state index is 0.0373. The molecule has 2 aliphatic heterocycles. The Labute approximate surface area is 175 Å². The van der Waals surface area contributed by atoms with Crippen molar-refractivity contribution in [2.24, 2.45) is 5.92 Å². The summed E-state index contributed by atoms with van der Waals surface area (Å²) in [5, 5.41) is 9.12. The lowest BCUT2D eigenvalue weighted by Crippen LogP contribution is -2.41. The summed E-state index contributed by atoms with van der Waals surface area (Å²) in [5.74, 6) is 1.61. The summed E-state index contributed by atoms with van der Waals surface area (Å²) in [7, 11) is 1.78. The molecule has 2 fully saturated rings. The summed E-state index contributed by atoms with van der Waals surface area (Å²) >= 11 is 0. The number of aliphatic hydroxyl groups excluding tert-OH is 1. The number of rotatable bonds is 12. The lowest BCUT2D eigenvalue weighted by Gasteiger charge is -2.35. The predicted octanol–water partition coefficient (Wildman–Crippen LogP) is 2.40. The molecule has 0 saturated carbocycles. The van der Waals surface area contributed by atoms with Crippen LogP contribution in [0.25, 0.3) is 0 Å². The molecule has 0 aromatic heterocycles. The highest BCUT2D eigenvalue weighted by atomic mass is 16.5. The Morgan fingerprint density at radius 1 is 1.14 bits per heavy atom. The third-order valence-corrected chi connectivity index (χ3v) is 6.04. The van der Waals surface area contributed by atoms with E-state index in [1.165, 1.54) is 24.8 Å². The molecule has 0 aliphatic carbocycles. The highest BCUT2D eigenvalue weighted by molar-refractivity contribution is 5.33. The Bertz CT molecular complexity index is 572. The van der Waals surface area contributed by atoms with Gasteiger partial charge >= 0.3 is 0 Å². The SMILES string of the molecule is COCCN1CCC(CN(Cc2ccccc2OCCO)CC2CCCO2)CC1. The molecule has 164 valence electrons. The van der Waals surface area contributed by atoms with Crippen molar-refractivity contribution in [2.45, 2.75) is 38.3 Å². The third-order valence-electron chi connectivity index (χ3n) is 6.04. The Morgan fingerprint density at radius 3 is 2.69 bits per heavy atom. The summed E-state index contributed by atoms with van der Waals surface area (Å²) in [6.45, 7) is 8.41. The molecule has 0 radical (unpaired) electrons. The number of methoxy groups -OCH3 is 1. The van der Waals surface area contributed by atoms with Gasteiger partial charge in [0.05, 0.1) is 19.3 Å². The number of nitrogens with zero attached hydrogens (tertiary/aromatic N) is 2. The Hall–Kier alpha value is -1.18. The molecule has 1 atom stereocenters. The molecule has 29 heavy (non-hydrogen) atoms. The number of piperidine rings is 1. The van der Waals surface area contributed by atoms with Crippen molar-refractivity contribution in [3.05, 3.63) is 29.8 Å². The standard InChI is InChI=1S/C23H38N2O4/c1-27-15-12-24-10-8-20(9-11-24)17-25(19-22-6-4-14-28-22)18-21-5-2-3-7-23(21)29-16-13-26/h2-3,5,7,20,22,26H,4,6,8-19H2,1H3. The van der Waals surface area contributed by atoms with Gasteiger partial charge in [-0.15, -0.1) is 0 Å². The normalized spacial score (nSPS) is 21.1. The molecule has 6 heteroatoms. The zero-order chi connectivity index (χ0) is 20.3. The zero-order valence-electron chi connectivity index (χ0n) is 17.9. The van der Waals surface area contributed by atoms with E-state index < -0.39 is 0 Å². The van der Waals surface area contributed by atoms with Crippen LogP contribution >= 0.6 is 0 Å². The van der Waals surface area contributed by atoms with Crippen molar-refractivity contribution in [2.75, 3.05) is 66.3 Å². The number of likely N-dealkylation sites (tertiary alicyclic amines) is 1. The van der Waals surface area contributed by atoms with E-state index in [4.69, 9.17) is 19.3 Å². The van der Waals surface area contributed by atoms with Gasteiger partial charge in [0, 0.05) is 45.5 Å². The lowest BCUT2D eigenvalue weighted by molar-refractivity contribution is 0.0547. The molecule has 1 unspecified atom stereocenters. The second-order valence-electron chi connectivity index (χ2n) is 8.29. The first kappa shape index (κ1) is 22.5. The Kier molecular flexibility index (Phi) is 9.70. The summed E-state index contributed by atoms with van der Waals surface area (Å²) in [4.78, 5) is 5.08. The van der Waals surface area contributed by atoms with Crippen molar-refractivity contribution in [1.29, 1.82) is 0 Å². The Morgan fingerprint density at radius 2 is 1.97 bits per heavy atom. The molecule has 1 aromatic carbocycles. The number of aliphatic hydroxyl groups is 1. The van der Waals surface area contributed by atoms with E-state index in [2.05, 4.69) is 21.9 Å². The lowest BCUT2D eigenvalue weighted by atomic mass is 9.95. The smallest absolute Gasteiger partial charge is 0.123 e. The molecule has 2 aliphatic rings. The number of para-hydroxylation sites is 1. The van der Waals surface area contributed by atoms with Crippen LogP contribution in [0.4, 0.5) is 0 Å². The molecule has 3 rings (SSSR count). The third kappa shape index (κ3) is 7.54. The van der Waals surface area contributed by atoms with Crippen molar-refractivity contribution in [3.8, 4) is 5.75 Å². The highest BCUT2D eigenvalue weighted by Gasteiger charge is 2.25. The van der Waals surface area contributed by atoms with E-state index in [9.17, 15) is 0 Å². The van der Waals surface area contributed by atoms with Crippen molar-refractivity contribution in [1.82, 2.24) is 9.80 Å². The Balaban J connectivity index is 1.58. The first-order valence-corrected chi connectivity index (χ1v) is 11.1. The van der Waals surface area contributed by atoms with Crippen LogP contribution in [0.3, 0.4) is 0 Å². The van der Waals surface area contributed by atoms with Crippen LogP contribution in [0, 0.1) is 5.92 Å². The predicted molar refractivity (Wildman–Crippen MR) is 114 cm³/mol. The minimum atomic E-state index is 0.0373. The van der Waals surface area contributed by atoms with Crippen LogP contribution in [0.15, 0.2) is 24.3 Å². The first-order chi connectivity index (χ1) is 14.3. The number of hydrogen-bond donors (Lipinski definition) is 1. The van der Waals surface area contributed by atoms with E-state index in [0.717, 1.165) is 70.6 Å². The topological polar surface area (TPSA) is 54.4 Å². The van der Waals surface area contributed by atoms with Gasteiger partial charge in [0.15, 0.2) is 0 Å². The van der Waals surface area contributed by atoms with Gasteiger partial charge in [-0.2, -0.15) is 0 Å². The van der Waals surface area contributed by atoms with E-state index in [1.807, 2.05) is 12.1 Å². The number of benzene rings is 1. The monoisotopic (exact) mass is 406 g/mol. The van der Waals surface area contributed by atoms with Crippen LogP contribution in [-0.2, 0) is 16.0 Å². The summed E-state index contributed by atoms with van der Waals surface area (Å²) in [6.07, 6.45) is 5.17. The van der Waals surface area contributed by atoms with E-state index in [1.54, 1.807) is 7.11 Å². The van der Waals surface area contributed by atoms with Gasteiger partial charge in [-0.3, -0.25) is 4.90 Å². The molecular formula is C23H38N2O4.